The Hall–Kier alpha value is -0.360. The van der Waals surface area contributed by atoms with Crippen molar-refractivity contribution in [3.05, 3.63) is 11.1 Å². The molecule has 1 aromatic heterocycles. The summed E-state index contributed by atoms with van der Waals surface area (Å²) in [5.41, 5.74) is 5.66. The fourth-order valence-electron chi connectivity index (χ4n) is 2.44. The Labute approximate surface area is 120 Å². The lowest BCUT2D eigenvalue weighted by molar-refractivity contribution is 0.0662. The Morgan fingerprint density at radius 3 is 2.78 bits per heavy atom. The lowest BCUT2D eigenvalue weighted by Gasteiger charge is -2.41. The van der Waals surface area contributed by atoms with Crippen molar-refractivity contribution in [3.63, 3.8) is 0 Å². The van der Waals surface area contributed by atoms with Gasteiger partial charge >= 0.3 is 0 Å². The summed E-state index contributed by atoms with van der Waals surface area (Å²) in [5.74, 6) is 0.703. The fourth-order valence-corrected chi connectivity index (χ4v) is 3.17. The monoisotopic (exact) mass is 290 g/mol. The molecule has 1 saturated heterocycles. The minimum atomic E-state index is 0. The van der Waals surface area contributed by atoms with Gasteiger partial charge in [-0.3, -0.25) is 4.90 Å². The quantitative estimate of drug-likeness (QED) is 0.924. The number of nitrogens with zero attached hydrogens (tertiary/aromatic N) is 3. The predicted octanol–water partition coefficient (Wildman–Crippen LogP) is 1.92. The normalized spacial score (nSPS) is 22.1. The molecule has 2 N–H and O–H groups in total. The molecule has 6 heteroatoms. The summed E-state index contributed by atoms with van der Waals surface area (Å²) in [6.07, 6.45) is 1.91. The van der Waals surface area contributed by atoms with Crippen LogP contribution in [-0.2, 0) is 6.54 Å². The molecule has 2 rings (SSSR count). The van der Waals surface area contributed by atoms with Crippen LogP contribution in [0.1, 0.15) is 18.7 Å². The minimum absolute atomic E-state index is 0. The zero-order chi connectivity index (χ0) is 12.4. The maximum absolute atomic E-state index is 5.66. The van der Waals surface area contributed by atoms with Crippen molar-refractivity contribution in [1.29, 1.82) is 0 Å². The molecule has 0 spiro atoms. The largest absolute Gasteiger partial charge is 0.375 e. The molecule has 0 radical (unpaired) electrons. The third kappa shape index (κ3) is 3.82. The number of anilines is 1. The molecule has 1 fully saturated rings. The lowest BCUT2D eigenvalue weighted by Crippen LogP contribution is -2.53. The SMILES string of the molecule is CC(C)C1CN(Cc2cnc(N)s2)CCN1C.Cl. The third-order valence-electron chi connectivity index (χ3n) is 3.50. The van der Waals surface area contributed by atoms with E-state index in [-0.39, 0.29) is 12.4 Å². The summed E-state index contributed by atoms with van der Waals surface area (Å²) in [5, 5.41) is 0.675. The summed E-state index contributed by atoms with van der Waals surface area (Å²) in [4.78, 5) is 10.4. The van der Waals surface area contributed by atoms with Crippen LogP contribution in [0.5, 0.6) is 0 Å². The Morgan fingerprint density at radius 1 is 1.50 bits per heavy atom. The number of likely N-dealkylation sites (N-methyl/N-ethyl adjacent to an activating group) is 1. The summed E-state index contributed by atoms with van der Waals surface area (Å²) in [7, 11) is 2.23. The smallest absolute Gasteiger partial charge is 0.180 e. The van der Waals surface area contributed by atoms with Crippen molar-refractivity contribution in [2.24, 2.45) is 5.92 Å². The number of piperazine rings is 1. The predicted molar refractivity (Wildman–Crippen MR) is 80.3 cm³/mol. The van der Waals surface area contributed by atoms with Gasteiger partial charge in [-0.2, -0.15) is 0 Å². The van der Waals surface area contributed by atoms with Crippen LogP contribution in [0.3, 0.4) is 0 Å². The highest BCUT2D eigenvalue weighted by Crippen LogP contribution is 2.20. The molecule has 1 aromatic rings. The number of hydrogen-bond acceptors (Lipinski definition) is 5. The molecule has 0 saturated carbocycles. The zero-order valence-corrected chi connectivity index (χ0v) is 12.9. The molecular formula is C12H23ClN4S. The molecule has 1 atom stereocenters. The first kappa shape index (κ1) is 15.7. The van der Waals surface area contributed by atoms with Gasteiger partial charge in [-0.25, -0.2) is 4.98 Å². The maximum Gasteiger partial charge on any atom is 0.180 e. The lowest BCUT2D eigenvalue weighted by atomic mass is 10.0. The summed E-state index contributed by atoms with van der Waals surface area (Å²) < 4.78 is 0. The van der Waals surface area contributed by atoms with Gasteiger partial charge in [0, 0.05) is 43.3 Å². The van der Waals surface area contributed by atoms with Crippen LogP contribution < -0.4 is 5.73 Å². The van der Waals surface area contributed by atoms with Gasteiger partial charge < -0.3 is 10.6 Å². The Kier molecular flexibility index (Phi) is 5.85. The minimum Gasteiger partial charge on any atom is -0.375 e. The van der Waals surface area contributed by atoms with E-state index in [2.05, 4.69) is 35.7 Å². The van der Waals surface area contributed by atoms with Crippen LogP contribution in [-0.4, -0.2) is 47.5 Å². The fraction of sp³-hybridized carbons (Fsp3) is 0.750. The third-order valence-corrected chi connectivity index (χ3v) is 4.31. The van der Waals surface area contributed by atoms with E-state index in [1.165, 1.54) is 4.88 Å². The number of hydrogen-bond donors (Lipinski definition) is 1. The number of rotatable bonds is 3. The highest BCUT2D eigenvalue weighted by Gasteiger charge is 2.26. The van der Waals surface area contributed by atoms with Crippen LogP contribution in [0, 0.1) is 5.92 Å². The molecular weight excluding hydrogens is 268 g/mol. The van der Waals surface area contributed by atoms with E-state index in [4.69, 9.17) is 5.73 Å². The van der Waals surface area contributed by atoms with Gasteiger partial charge in [-0.1, -0.05) is 13.8 Å². The van der Waals surface area contributed by atoms with E-state index < -0.39 is 0 Å². The van der Waals surface area contributed by atoms with Crippen LogP contribution in [0.4, 0.5) is 5.13 Å². The standard InChI is InChI=1S/C12H22N4S.ClH/c1-9(2)11-8-16(5-4-15(11)3)7-10-6-14-12(13)17-10;/h6,9,11H,4-5,7-8H2,1-3H3,(H2,13,14);1H. The first-order valence-corrected chi connectivity index (χ1v) is 7.00. The Balaban J connectivity index is 0.00000162. The molecule has 18 heavy (non-hydrogen) atoms. The van der Waals surface area contributed by atoms with E-state index in [0.717, 1.165) is 26.2 Å². The average Bonchev–Trinajstić information content (AvgIpc) is 2.66. The molecule has 0 aromatic carbocycles. The van der Waals surface area contributed by atoms with Gasteiger partial charge in [0.25, 0.3) is 0 Å². The van der Waals surface area contributed by atoms with Crippen LogP contribution in [0.25, 0.3) is 0 Å². The molecule has 4 nitrogen and oxygen atoms in total. The van der Waals surface area contributed by atoms with E-state index in [1.807, 2.05) is 6.20 Å². The van der Waals surface area contributed by atoms with Gasteiger partial charge in [0.05, 0.1) is 0 Å². The van der Waals surface area contributed by atoms with Crippen molar-refractivity contribution >= 4 is 28.9 Å². The first-order chi connectivity index (χ1) is 8.06. The summed E-state index contributed by atoms with van der Waals surface area (Å²) in [6, 6.07) is 0.661. The first-order valence-electron chi connectivity index (χ1n) is 6.19. The number of thiazole rings is 1. The molecule has 0 aliphatic carbocycles. The van der Waals surface area contributed by atoms with Gasteiger partial charge in [0.2, 0.25) is 0 Å². The summed E-state index contributed by atoms with van der Waals surface area (Å²) in [6.45, 7) is 9.03. The van der Waals surface area contributed by atoms with Gasteiger partial charge in [0.15, 0.2) is 5.13 Å². The maximum atomic E-state index is 5.66. The van der Waals surface area contributed by atoms with Crippen molar-refractivity contribution < 1.29 is 0 Å². The molecule has 1 unspecified atom stereocenters. The van der Waals surface area contributed by atoms with Crippen molar-refractivity contribution in [2.75, 3.05) is 32.4 Å². The van der Waals surface area contributed by atoms with Crippen molar-refractivity contribution in [3.8, 4) is 0 Å². The highest BCUT2D eigenvalue weighted by atomic mass is 35.5. The number of nitrogens with two attached hydrogens (primary N) is 1. The molecule has 0 bridgehead atoms. The molecule has 0 amide bonds. The Morgan fingerprint density at radius 2 is 2.22 bits per heavy atom. The topological polar surface area (TPSA) is 45.4 Å². The summed E-state index contributed by atoms with van der Waals surface area (Å²) >= 11 is 1.60. The molecule has 104 valence electrons. The number of halogens is 1. The van der Waals surface area contributed by atoms with E-state index in [9.17, 15) is 0 Å². The molecule has 1 aliphatic rings. The van der Waals surface area contributed by atoms with Crippen LogP contribution >= 0.6 is 23.7 Å². The van der Waals surface area contributed by atoms with E-state index >= 15 is 0 Å². The van der Waals surface area contributed by atoms with Crippen LogP contribution in [0.15, 0.2) is 6.20 Å². The number of aromatic nitrogens is 1. The second-order valence-electron chi connectivity index (χ2n) is 5.19. The number of nitrogen functional groups attached to an aromatic ring is 1. The van der Waals surface area contributed by atoms with E-state index in [1.54, 1.807) is 11.3 Å². The average molecular weight is 291 g/mol. The van der Waals surface area contributed by atoms with Crippen molar-refractivity contribution in [2.45, 2.75) is 26.4 Å². The van der Waals surface area contributed by atoms with Crippen LogP contribution in [0.2, 0.25) is 0 Å². The second-order valence-corrected chi connectivity index (χ2v) is 6.34. The van der Waals surface area contributed by atoms with Gasteiger partial charge in [0.1, 0.15) is 0 Å². The molecule has 2 heterocycles. The zero-order valence-electron chi connectivity index (χ0n) is 11.3. The van der Waals surface area contributed by atoms with Gasteiger partial charge in [-0.05, 0) is 13.0 Å². The van der Waals surface area contributed by atoms with Gasteiger partial charge in [-0.15, -0.1) is 23.7 Å². The molecule has 1 aliphatic heterocycles. The highest BCUT2D eigenvalue weighted by molar-refractivity contribution is 7.15. The second kappa shape index (κ2) is 6.70. The van der Waals surface area contributed by atoms with E-state index in [0.29, 0.717) is 17.1 Å². The Bertz CT molecular complexity index is 369. The van der Waals surface area contributed by atoms with Crippen molar-refractivity contribution in [1.82, 2.24) is 14.8 Å².